The quantitative estimate of drug-likeness (QED) is 0.0545. The van der Waals surface area contributed by atoms with Gasteiger partial charge < -0.3 is 41.3 Å². The van der Waals surface area contributed by atoms with Gasteiger partial charge in [-0.1, -0.05) is 113 Å². The van der Waals surface area contributed by atoms with Crippen molar-refractivity contribution >= 4 is 5.97 Å². The fourth-order valence-electron chi connectivity index (χ4n) is 10.7. The Balaban J connectivity index is 1.65. The van der Waals surface area contributed by atoms with E-state index in [1.54, 1.807) is 12.1 Å². The van der Waals surface area contributed by atoms with Crippen molar-refractivity contribution in [3.63, 3.8) is 0 Å². The first kappa shape index (κ1) is 48.5. The van der Waals surface area contributed by atoms with E-state index in [4.69, 9.17) is 0 Å². The highest BCUT2D eigenvalue weighted by Crippen LogP contribution is 2.49. The number of benzene rings is 2. The number of hydrogen-bond donors (Lipinski definition) is 8. The van der Waals surface area contributed by atoms with Crippen LogP contribution in [0.1, 0.15) is 159 Å². The number of unbranched alkanes of at least 4 members (excludes halogenated alkanes) is 2. The fourth-order valence-corrected chi connectivity index (χ4v) is 10.7. The van der Waals surface area contributed by atoms with Crippen LogP contribution in [-0.2, 0) is 16.6 Å². The highest BCUT2D eigenvalue weighted by atomic mass is 16.4. The van der Waals surface area contributed by atoms with E-state index in [0.717, 1.165) is 111 Å². The maximum atomic E-state index is 13.4. The molecule has 1 saturated carbocycles. The van der Waals surface area contributed by atoms with Gasteiger partial charge in [0.2, 0.25) is 0 Å². The van der Waals surface area contributed by atoms with Gasteiger partial charge in [-0.05, 0) is 124 Å². The molecule has 1 saturated heterocycles. The summed E-state index contributed by atoms with van der Waals surface area (Å²) < 4.78 is 0. The van der Waals surface area contributed by atoms with Crippen LogP contribution in [-0.4, -0.2) is 85.2 Å². The van der Waals surface area contributed by atoms with E-state index < -0.39 is 41.8 Å². The summed E-state index contributed by atoms with van der Waals surface area (Å²) in [5, 5.41) is 74.3. The average molecular weight is 841 g/mol. The summed E-state index contributed by atoms with van der Waals surface area (Å²) in [5.41, 5.74) is 2.99. The third-order valence-electron chi connectivity index (χ3n) is 14.2. The number of hydrogen-bond acceptors (Lipinski definition) is 8. The van der Waals surface area contributed by atoms with Gasteiger partial charge in [0.15, 0.2) is 0 Å². The molecule has 0 radical (unpaired) electrons. The first-order valence-corrected chi connectivity index (χ1v) is 23.6. The van der Waals surface area contributed by atoms with Crippen LogP contribution in [0.5, 0.6) is 5.75 Å². The maximum absolute atomic E-state index is 13.4. The lowest BCUT2D eigenvalue weighted by molar-refractivity contribution is -0.138. The molecule has 2 heterocycles. The zero-order chi connectivity index (χ0) is 43.8. The topological polar surface area (TPSA) is 163 Å². The van der Waals surface area contributed by atoms with Crippen LogP contribution in [0.2, 0.25) is 0 Å². The number of aliphatic carboxylic acids is 1. The fraction of sp³-hybridized carbons (Fsp3) is 0.635. The molecular formula is C52H76N2O7. The number of carbonyl (C=O) groups is 1. The van der Waals surface area contributed by atoms with Crippen molar-refractivity contribution in [2.75, 3.05) is 6.61 Å². The molecule has 1 aliphatic carbocycles. The molecule has 2 aliphatic heterocycles. The summed E-state index contributed by atoms with van der Waals surface area (Å²) in [6, 6.07) is 14.9. The third kappa shape index (κ3) is 13.5. The Morgan fingerprint density at radius 3 is 2.44 bits per heavy atom. The molecule has 61 heavy (non-hydrogen) atoms. The number of carboxylic acid groups (broad SMARTS) is 1. The van der Waals surface area contributed by atoms with Crippen LogP contribution in [0.15, 0.2) is 71.8 Å². The number of fused-ring (bicyclic) bond motifs is 1. The molecule has 2 aromatic rings. The summed E-state index contributed by atoms with van der Waals surface area (Å²) >= 11 is 0. The van der Waals surface area contributed by atoms with E-state index in [9.17, 15) is 35.4 Å². The van der Waals surface area contributed by atoms with Crippen LogP contribution >= 0.6 is 0 Å². The van der Waals surface area contributed by atoms with Crippen molar-refractivity contribution < 1.29 is 35.4 Å². The van der Waals surface area contributed by atoms with Crippen LogP contribution in [0.4, 0.5) is 0 Å². The van der Waals surface area contributed by atoms with Crippen molar-refractivity contribution in [3.05, 3.63) is 88.5 Å². The summed E-state index contributed by atoms with van der Waals surface area (Å²) in [7, 11) is 0. The molecule has 3 aliphatic rings. The molecule has 8 N–H and O–H groups in total. The molecule has 8 atom stereocenters. The van der Waals surface area contributed by atoms with Crippen molar-refractivity contribution in [1.82, 2.24) is 10.6 Å². The number of rotatable bonds is 18. The lowest BCUT2D eigenvalue weighted by atomic mass is 9.57. The molecule has 0 amide bonds. The molecule has 1 unspecified atom stereocenters. The zero-order valence-corrected chi connectivity index (χ0v) is 37.3. The summed E-state index contributed by atoms with van der Waals surface area (Å²) in [6.45, 7) is 5.87. The third-order valence-corrected chi connectivity index (χ3v) is 14.2. The van der Waals surface area contributed by atoms with E-state index in [1.807, 2.05) is 49.4 Å². The number of aliphatic hydroxyl groups excluding tert-OH is 3. The van der Waals surface area contributed by atoms with Gasteiger partial charge in [0.1, 0.15) is 5.75 Å². The molecular weight excluding hydrogens is 765 g/mol. The SMILES string of the molecule is CCCCC[C@H](O)C=CC1=C(C[C@H](O)CO)[C@H](CCC[C@H]2N[C@@H](C)CCC[C@@H]2CC(=O)O)NC([C@@](C)(O)C2(c3ccc(O)cc3)CCCCC2)CC#Cc2ccccc2CC1. The number of phenolic OH excluding ortho intramolecular Hbond substituents is 1. The van der Waals surface area contributed by atoms with Gasteiger partial charge in [-0.2, -0.15) is 0 Å². The summed E-state index contributed by atoms with van der Waals surface area (Å²) in [5.74, 6) is 6.42. The number of aryl methyl sites for hydroxylation is 1. The largest absolute Gasteiger partial charge is 0.508 e. The van der Waals surface area contributed by atoms with E-state index in [0.29, 0.717) is 32.1 Å². The van der Waals surface area contributed by atoms with E-state index >= 15 is 0 Å². The molecule has 0 bridgehead atoms. The van der Waals surface area contributed by atoms with Crippen molar-refractivity contribution in [3.8, 4) is 17.6 Å². The Kier molecular flexibility index (Phi) is 18.9. The van der Waals surface area contributed by atoms with Gasteiger partial charge in [0.05, 0.1) is 24.4 Å². The Labute approximate surface area is 366 Å². The van der Waals surface area contributed by atoms with Crippen LogP contribution in [0.25, 0.3) is 0 Å². The lowest BCUT2D eigenvalue weighted by Crippen LogP contribution is -2.63. The first-order chi connectivity index (χ1) is 29.4. The molecule has 0 spiro atoms. The van der Waals surface area contributed by atoms with Crippen molar-refractivity contribution in [1.29, 1.82) is 0 Å². The normalized spacial score (nSPS) is 25.8. The molecule has 0 aromatic heterocycles. The highest BCUT2D eigenvalue weighted by Gasteiger charge is 2.53. The Bertz CT molecular complexity index is 1790. The number of allylic oxidation sites excluding steroid dienone is 2. The average Bonchev–Trinajstić information content (AvgIpc) is 3.41. The Hall–Kier alpha value is -3.49. The minimum atomic E-state index is -1.32. The van der Waals surface area contributed by atoms with Gasteiger partial charge in [-0.3, -0.25) is 4.79 Å². The first-order valence-electron chi connectivity index (χ1n) is 23.6. The van der Waals surface area contributed by atoms with Crippen LogP contribution in [0.3, 0.4) is 0 Å². The second-order valence-electron chi connectivity index (χ2n) is 18.7. The van der Waals surface area contributed by atoms with Crippen LogP contribution in [0, 0.1) is 17.8 Å². The number of nitrogens with one attached hydrogen (secondary N) is 2. The number of phenols is 1. The minimum Gasteiger partial charge on any atom is -0.508 e. The van der Waals surface area contributed by atoms with Gasteiger partial charge in [0, 0.05) is 48.0 Å². The number of aromatic hydroxyl groups is 1. The molecule has 9 heteroatoms. The van der Waals surface area contributed by atoms with E-state index in [-0.39, 0.29) is 42.6 Å². The van der Waals surface area contributed by atoms with Crippen molar-refractivity contribution in [2.24, 2.45) is 5.92 Å². The zero-order valence-electron chi connectivity index (χ0n) is 37.3. The van der Waals surface area contributed by atoms with E-state index in [1.165, 1.54) is 0 Å². The molecule has 2 aromatic carbocycles. The standard InChI is InChI=1S/C52H76N2O7/c1-4-5-7-20-43(56)29-26-40-25-24-39-17-9-8-16-38(39)18-13-23-49(51(3,61)52(32-10-6-11-33-52)42-27-30-44(57)31-28-42)54-48(46(40)35-45(58)36-55)22-14-21-47-41(34-50(59)60)19-12-15-37(2)53-47/h8-9,16-17,26-31,37,41,43,45,47-49,53-58,61H,4-7,10-12,14-15,19-25,32-36H2,1-3H3,(H,59,60)/t37-,41+,43-,45-,47+,48-,49?,51+/m0/s1. The Morgan fingerprint density at radius 1 is 0.967 bits per heavy atom. The predicted octanol–water partition coefficient (Wildman–Crippen LogP) is 8.39. The summed E-state index contributed by atoms with van der Waals surface area (Å²) in [6.07, 6.45) is 17.5. The molecule has 9 nitrogen and oxygen atoms in total. The van der Waals surface area contributed by atoms with Crippen molar-refractivity contribution in [2.45, 2.75) is 197 Å². The summed E-state index contributed by atoms with van der Waals surface area (Å²) in [4.78, 5) is 12.0. The monoisotopic (exact) mass is 841 g/mol. The van der Waals surface area contributed by atoms with Gasteiger partial charge in [0.25, 0.3) is 0 Å². The number of aliphatic hydroxyl groups is 4. The van der Waals surface area contributed by atoms with Gasteiger partial charge in [-0.15, -0.1) is 0 Å². The van der Waals surface area contributed by atoms with E-state index in [2.05, 4.69) is 42.4 Å². The van der Waals surface area contributed by atoms with Crippen LogP contribution < -0.4 is 10.6 Å². The highest BCUT2D eigenvalue weighted by molar-refractivity contribution is 5.67. The number of carboxylic acids is 1. The molecule has 2 fully saturated rings. The predicted molar refractivity (Wildman–Crippen MR) is 244 cm³/mol. The molecule has 336 valence electrons. The van der Waals surface area contributed by atoms with Gasteiger partial charge in [-0.25, -0.2) is 0 Å². The maximum Gasteiger partial charge on any atom is 0.303 e. The second kappa shape index (κ2) is 23.8. The second-order valence-corrected chi connectivity index (χ2v) is 18.7. The minimum absolute atomic E-state index is 0.0194. The lowest BCUT2D eigenvalue weighted by Gasteiger charge is -2.52. The van der Waals surface area contributed by atoms with Gasteiger partial charge >= 0.3 is 5.97 Å². The Morgan fingerprint density at radius 2 is 1.72 bits per heavy atom. The molecule has 5 rings (SSSR count). The smallest absolute Gasteiger partial charge is 0.303 e.